The van der Waals surface area contributed by atoms with E-state index in [9.17, 15) is 4.79 Å². The summed E-state index contributed by atoms with van der Waals surface area (Å²) < 4.78 is 17.0. The highest BCUT2D eigenvalue weighted by atomic mass is 16.7. The van der Waals surface area contributed by atoms with Gasteiger partial charge in [0.1, 0.15) is 11.4 Å². The number of rotatable bonds is 6. The van der Waals surface area contributed by atoms with Crippen LogP contribution in [0.1, 0.15) is 56.2 Å². The number of likely N-dealkylation sites (tertiary alicyclic amines) is 1. The van der Waals surface area contributed by atoms with Crippen LogP contribution < -0.4 is 4.74 Å². The number of hydrogen-bond acceptors (Lipinski definition) is 4. The van der Waals surface area contributed by atoms with Crippen LogP contribution in [0.15, 0.2) is 48.5 Å². The van der Waals surface area contributed by atoms with Gasteiger partial charge in [0.05, 0.1) is 6.61 Å². The maximum Gasteiger partial charge on any atom is 0.410 e. The average molecular weight is 412 g/mol. The largest absolute Gasteiger partial charge is 0.468 e. The summed E-state index contributed by atoms with van der Waals surface area (Å²) in [6.07, 6.45) is 1.63. The van der Waals surface area contributed by atoms with Gasteiger partial charge in [-0.3, -0.25) is 0 Å². The maximum atomic E-state index is 12.3. The molecule has 0 bridgehead atoms. The smallest absolute Gasteiger partial charge is 0.410 e. The molecular formula is C25H33NO4. The molecule has 1 fully saturated rings. The number of nitrogens with zero attached hydrogens (tertiary/aromatic N) is 1. The van der Waals surface area contributed by atoms with Gasteiger partial charge in [0.2, 0.25) is 0 Å². The van der Waals surface area contributed by atoms with E-state index in [-0.39, 0.29) is 12.9 Å². The normalized spacial score (nSPS) is 15.1. The first kappa shape index (κ1) is 22.2. The van der Waals surface area contributed by atoms with Crippen LogP contribution in [0, 0.1) is 6.92 Å². The Balaban J connectivity index is 1.51. The number of piperidine rings is 1. The van der Waals surface area contributed by atoms with E-state index in [1.54, 1.807) is 0 Å². The Labute approximate surface area is 179 Å². The van der Waals surface area contributed by atoms with Crippen LogP contribution in [-0.2, 0) is 16.1 Å². The topological polar surface area (TPSA) is 48.0 Å². The summed E-state index contributed by atoms with van der Waals surface area (Å²) >= 11 is 0. The summed E-state index contributed by atoms with van der Waals surface area (Å²) in [6, 6.07) is 16.4. The molecular weight excluding hydrogens is 378 g/mol. The first-order chi connectivity index (χ1) is 14.3. The Morgan fingerprint density at radius 3 is 2.43 bits per heavy atom. The lowest BCUT2D eigenvalue weighted by molar-refractivity contribution is 0.00489. The number of carbonyl (C=O) groups excluding carboxylic acids is 1. The summed E-state index contributed by atoms with van der Waals surface area (Å²) in [4.78, 5) is 14.1. The molecule has 1 aliphatic rings. The molecule has 2 aromatic rings. The van der Waals surface area contributed by atoms with Crippen LogP contribution in [0.25, 0.3) is 0 Å². The van der Waals surface area contributed by atoms with Crippen LogP contribution >= 0.6 is 0 Å². The van der Waals surface area contributed by atoms with Gasteiger partial charge in [-0.2, -0.15) is 0 Å². The number of amides is 1. The molecule has 5 heteroatoms. The summed E-state index contributed by atoms with van der Waals surface area (Å²) in [5, 5.41) is 0. The molecule has 1 heterocycles. The second kappa shape index (κ2) is 9.98. The highest BCUT2D eigenvalue weighted by Crippen LogP contribution is 2.31. The minimum absolute atomic E-state index is 0.217. The minimum Gasteiger partial charge on any atom is -0.468 e. The average Bonchev–Trinajstić information content (AvgIpc) is 2.70. The Morgan fingerprint density at radius 2 is 1.77 bits per heavy atom. The second-order valence-electron chi connectivity index (χ2n) is 8.92. The van der Waals surface area contributed by atoms with E-state index in [2.05, 4.69) is 19.1 Å². The summed E-state index contributed by atoms with van der Waals surface area (Å²) in [5.41, 5.74) is 3.10. The number of benzene rings is 2. The predicted octanol–water partition coefficient (Wildman–Crippen LogP) is 5.66. The van der Waals surface area contributed by atoms with Crippen molar-refractivity contribution < 1.29 is 19.0 Å². The predicted molar refractivity (Wildman–Crippen MR) is 118 cm³/mol. The van der Waals surface area contributed by atoms with E-state index < -0.39 is 5.60 Å². The first-order valence-electron chi connectivity index (χ1n) is 10.6. The lowest BCUT2D eigenvalue weighted by Gasteiger charge is -2.33. The van der Waals surface area contributed by atoms with Crippen molar-refractivity contribution in [2.45, 2.75) is 58.7 Å². The van der Waals surface area contributed by atoms with Gasteiger partial charge in [0.25, 0.3) is 0 Å². The fraction of sp³-hybridized carbons (Fsp3) is 0.480. The molecule has 0 unspecified atom stereocenters. The molecule has 1 aliphatic heterocycles. The van der Waals surface area contributed by atoms with Gasteiger partial charge in [-0.15, -0.1) is 0 Å². The maximum absolute atomic E-state index is 12.3. The fourth-order valence-electron chi connectivity index (χ4n) is 3.66. The molecule has 0 atom stereocenters. The summed E-state index contributed by atoms with van der Waals surface area (Å²) in [5.74, 6) is 1.24. The Morgan fingerprint density at radius 1 is 1.07 bits per heavy atom. The molecule has 1 saturated heterocycles. The number of hydrogen-bond donors (Lipinski definition) is 0. The van der Waals surface area contributed by atoms with Crippen LogP contribution in [0.4, 0.5) is 4.79 Å². The third-order valence-corrected chi connectivity index (χ3v) is 5.11. The van der Waals surface area contributed by atoms with Crippen LogP contribution in [-0.4, -0.2) is 36.5 Å². The lowest BCUT2D eigenvalue weighted by Crippen LogP contribution is -2.41. The summed E-state index contributed by atoms with van der Waals surface area (Å²) in [7, 11) is 0. The molecule has 2 aromatic carbocycles. The van der Waals surface area contributed by atoms with Crippen LogP contribution in [0.2, 0.25) is 0 Å². The monoisotopic (exact) mass is 411 g/mol. The lowest BCUT2D eigenvalue weighted by atomic mass is 9.88. The van der Waals surface area contributed by atoms with E-state index in [1.807, 2.05) is 62.1 Å². The zero-order valence-corrected chi connectivity index (χ0v) is 18.5. The van der Waals surface area contributed by atoms with Crippen LogP contribution in [0.5, 0.6) is 5.75 Å². The quantitative estimate of drug-likeness (QED) is 0.454. The zero-order valence-electron chi connectivity index (χ0n) is 18.5. The highest BCUT2D eigenvalue weighted by Gasteiger charge is 2.27. The molecule has 0 N–H and O–H groups in total. The standard InChI is InChI=1S/C25H33NO4/c1-19-14-22(21-10-12-26(13-11-21)24(27)30-25(2,3)4)16-23(15-19)29-18-28-17-20-8-6-5-7-9-20/h5-9,14-16,21H,10-13,17-18H2,1-4H3. The van der Waals surface area contributed by atoms with Gasteiger partial charge in [-0.25, -0.2) is 4.79 Å². The van der Waals surface area contributed by atoms with Crippen molar-refractivity contribution in [1.29, 1.82) is 0 Å². The molecule has 162 valence electrons. The molecule has 30 heavy (non-hydrogen) atoms. The van der Waals surface area contributed by atoms with Gasteiger partial charge in [0.15, 0.2) is 6.79 Å². The van der Waals surface area contributed by atoms with Gasteiger partial charge in [0, 0.05) is 13.1 Å². The minimum atomic E-state index is -0.459. The molecule has 1 amide bonds. The number of aryl methyl sites for hydroxylation is 1. The zero-order chi connectivity index (χ0) is 21.6. The molecule has 0 spiro atoms. The second-order valence-corrected chi connectivity index (χ2v) is 8.92. The van der Waals surface area contributed by atoms with E-state index in [0.717, 1.165) is 24.2 Å². The fourth-order valence-corrected chi connectivity index (χ4v) is 3.66. The molecule has 0 aromatic heterocycles. The highest BCUT2D eigenvalue weighted by molar-refractivity contribution is 5.68. The van der Waals surface area contributed by atoms with Crippen molar-refractivity contribution in [2.24, 2.45) is 0 Å². The van der Waals surface area contributed by atoms with Crippen molar-refractivity contribution in [1.82, 2.24) is 4.90 Å². The molecule has 0 aliphatic carbocycles. The molecule has 5 nitrogen and oxygen atoms in total. The van der Waals surface area contributed by atoms with Crippen LogP contribution in [0.3, 0.4) is 0 Å². The van der Waals surface area contributed by atoms with Crippen molar-refractivity contribution in [3.05, 3.63) is 65.2 Å². The first-order valence-corrected chi connectivity index (χ1v) is 10.6. The summed E-state index contributed by atoms with van der Waals surface area (Å²) in [6.45, 7) is 9.95. The third kappa shape index (κ3) is 6.77. The molecule has 3 rings (SSSR count). The van der Waals surface area contributed by atoms with Gasteiger partial charge >= 0.3 is 6.09 Å². The Bertz CT molecular complexity index is 821. The van der Waals surface area contributed by atoms with Gasteiger partial charge < -0.3 is 19.1 Å². The molecule has 0 saturated carbocycles. The number of carbonyl (C=O) groups is 1. The third-order valence-electron chi connectivity index (χ3n) is 5.11. The van der Waals surface area contributed by atoms with Crippen molar-refractivity contribution in [3.63, 3.8) is 0 Å². The van der Waals surface area contributed by atoms with E-state index >= 15 is 0 Å². The van der Waals surface area contributed by atoms with Gasteiger partial charge in [-0.1, -0.05) is 36.4 Å². The van der Waals surface area contributed by atoms with Crippen molar-refractivity contribution in [2.75, 3.05) is 19.9 Å². The SMILES string of the molecule is Cc1cc(OCOCc2ccccc2)cc(C2CCN(C(=O)OC(C)(C)C)CC2)c1. The Kier molecular flexibility index (Phi) is 7.38. The van der Waals surface area contributed by atoms with E-state index in [4.69, 9.17) is 14.2 Å². The van der Waals surface area contributed by atoms with E-state index in [0.29, 0.717) is 25.6 Å². The van der Waals surface area contributed by atoms with Crippen molar-refractivity contribution in [3.8, 4) is 5.75 Å². The van der Waals surface area contributed by atoms with Crippen molar-refractivity contribution >= 4 is 6.09 Å². The number of ether oxygens (including phenoxy) is 3. The van der Waals surface area contributed by atoms with E-state index in [1.165, 1.54) is 11.1 Å². The molecule has 0 radical (unpaired) electrons. The Hall–Kier alpha value is -2.53. The van der Waals surface area contributed by atoms with Gasteiger partial charge in [-0.05, 0) is 75.3 Å².